The molecule has 0 aromatic carbocycles. The van der Waals surface area contributed by atoms with Crippen molar-refractivity contribution < 1.29 is 8.78 Å². The Hall–Kier alpha value is 0.110. The highest BCUT2D eigenvalue weighted by Gasteiger charge is 2.67. The maximum absolute atomic E-state index is 12.2. The summed E-state index contributed by atoms with van der Waals surface area (Å²) in [5.74, 6) is -2.38. The summed E-state index contributed by atoms with van der Waals surface area (Å²) in [6.07, 6.45) is 0.908. The molecule has 0 radical (unpaired) electrons. The van der Waals surface area contributed by atoms with E-state index in [0.29, 0.717) is 0 Å². The van der Waals surface area contributed by atoms with Gasteiger partial charge in [-0.25, -0.2) is 8.78 Å². The van der Waals surface area contributed by atoms with Crippen molar-refractivity contribution in [3.05, 3.63) is 0 Å². The van der Waals surface area contributed by atoms with Gasteiger partial charge in [-0.2, -0.15) is 0 Å². The fourth-order valence-corrected chi connectivity index (χ4v) is 1.76. The minimum atomic E-state index is -2.38. The van der Waals surface area contributed by atoms with Crippen LogP contribution in [0.5, 0.6) is 0 Å². The van der Waals surface area contributed by atoms with Gasteiger partial charge in [0.2, 0.25) is 5.92 Å². The van der Waals surface area contributed by atoms with Crippen LogP contribution in [0.4, 0.5) is 8.78 Å². The minimum absolute atomic E-state index is 0. The van der Waals surface area contributed by atoms with E-state index in [4.69, 9.17) is 5.73 Å². The van der Waals surface area contributed by atoms with Crippen molar-refractivity contribution in [2.75, 3.05) is 0 Å². The van der Waals surface area contributed by atoms with E-state index in [-0.39, 0.29) is 36.7 Å². The molecule has 1 atom stereocenters. The Morgan fingerprint density at radius 3 is 1.80 bits per heavy atom. The largest absolute Gasteiger partial charge is 0.327 e. The molecule has 2 N–H and O–H groups in total. The highest BCUT2D eigenvalue weighted by molar-refractivity contribution is 5.85. The molecule has 2 aliphatic rings. The number of hydrogen-bond donors (Lipinski definition) is 1. The lowest BCUT2D eigenvalue weighted by Gasteiger charge is -2.35. The smallest absolute Gasteiger partial charge is 0.249 e. The SMILES string of the molecule is Cl.NC1CC12CC(F)(F)C2. The molecule has 2 aliphatic carbocycles. The molecule has 0 bridgehead atoms. The standard InChI is InChI=1S/C6H9F2N.ClH/c7-6(8)2-5(3-6)1-4(5)9;/h4H,1-3,9H2;1H. The van der Waals surface area contributed by atoms with E-state index < -0.39 is 5.92 Å². The lowest BCUT2D eigenvalue weighted by Crippen LogP contribution is -2.40. The zero-order valence-corrected chi connectivity index (χ0v) is 6.26. The van der Waals surface area contributed by atoms with E-state index >= 15 is 0 Å². The number of halogens is 3. The summed E-state index contributed by atoms with van der Waals surface area (Å²) in [7, 11) is 0. The first-order valence-corrected chi connectivity index (χ1v) is 3.18. The van der Waals surface area contributed by atoms with Gasteiger partial charge in [0.05, 0.1) is 0 Å². The Bertz CT molecular complexity index is 152. The molecular weight excluding hydrogens is 160 g/mol. The van der Waals surface area contributed by atoms with Gasteiger partial charge in [0, 0.05) is 18.9 Å². The van der Waals surface area contributed by atoms with E-state index in [1.54, 1.807) is 0 Å². The maximum Gasteiger partial charge on any atom is 0.249 e. The van der Waals surface area contributed by atoms with Gasteiger partial charge in [-0.05, 0) is 11.8 Å². The summed E-state index contributed by atoms with van der Waals surface area (Å²) in [4.78, 5) is 0. The third-order valence-corrected chi connectivity index (χ3v) is 2.47. The molecule has 60 valence electrons. The molecule has 0 aliphatic heterocycles. The molecule has 1 spiro atoms. The highest BCUT2D eigenvalue weighted by atomic mass is 35.5. The van der Waals surface area contributed by atoms with Gasteiger partial charge < -0.3 is 5.73 Å². The molecule has 10 heavy (non-hydrogen) atoms. The predicted octanol–water partition coefficient (Wildman–Crippen LogP) is 1.55. The van der Waals surface area contributed by atoms with E-state index in [9.17, 15) is 8.78 Å². The Morgan fingerprint density at radius 1 is 1.30 bits per heavy atom. The normalized spacial score (nSPS) is 38.1. The zero-order valence-electron chi connectivity index (χ0n) is 5.44. The number of nitrogens with two attached hydrogens (primary N) is 1. The number of hydrogen-bond acceptors (Lipinski definition) is 1. The first-order chi connectivity index (χ1) is 4.04. The third kappa shape index (κ3) is 0.920. The third-order valence-electron chi connectivity index (χ3n) is 2.47. The van der Waals surface area contributed by atoms with Gasteiger partial charge in [-0.15, -0.1) is 12.4 Å². The molecule has 0 heterocycles. The molecule has 0 saturated heterocycles. The van der Waals surface area contributed by atoms with Crippen LogP contribution in [0.15, 0.2) is 0 Å². The summed E-state index contributed by atoms with van der Waals surface area (Å²) >= 11 is 0. The Balaban J connectivity index is 0.000000500. The van der Waals surface area contributed by atoms with Gasteiger partial charge in [0.15, 0.2) is 0 Å². The average molecular weight is 170 g/mol. The van der Waals surface area contributed by atoms with E-state index in [2.05, 4.69) is 0 Å². The van der Waals surface area contributed by atoms with Crippen molar-refractivity contribution in [2.24, 2.45) is 11.1 Å². The van der Waals surface area contributed by atoms with Crippen LogP contribution in [0.2, 0.25) is 0 Å². The molecular formula is C6H10ClF2N. The lowest BCUT2D eigenvalue weighted by atomic mass is 9.77. The van der Waals surface area contributed by atoms with Gasteiger partial charge >= 0.3 is 0 Å². The van der Waals surface area contributed by atoms with Crippen molar-refractivity contribution in [2.45, 2.75) is 31.2 Å². The average Bonchev–Trinajstić information content (AvgIpc) is 2.09. The summed E-state index contributed by atoms with van der Waals surface area (Å²) in [5.41, 5.74) is 5.34. The van der Waals surface area contributed by atoms with Gasteiger partial charge in [0.1, 0.15) is 0 Å². The lowest BCUT2D eigenvalue weighted by molar-refractivity contribution is -0.123. The summed E-state index contributed by atoms with van der Waals surface area (Å²) in [5, 5.41) is 0. The van der Waals surface area contributed by atoms with Gasteiger partial charge in [-0.3, -0.25) is 0 Å². The molecule has 2 rings (SSSR count). The summed E-state index contributed by atoms with van der Waals surface area (Å²) < 4.78 is 24.4. The van der Waals surface area contributed by atoms with Crippen LogP contribution in [0.25, 0.3) is 0 Å². The fraction of sp³-hybridized carbons (Fsp3) is 1.00. The van der Waals surface area contributed by atoms with Gasteiger partial charge in [-0.1, -0.05) is 0 Å². The van der Waals surface area contributed by atoms with Crippen molar-refractivity contribution in [3.63, 3.8) is 0 Å². The van der Waals surface area contributed by atoms with E-state index in [1.165, 1.54) is 0 Å². The van der Waals surface area contributed by atoms with Crippen LogP contribution < -0.4 is 5.73 Å². The Labute approximate surface area is 64.4 Å². The van der Waals surface area contributed by atoms with Crippen LogP contribution in [0.3, 0.4) is 0 Å². The number of alkyl halides is 2. The Morgan fingerprint density at radius 2 is 1.70 bits per heavy atom. The van der Waals surface area contributed by atoms with Crippen LogP contribution in [0, 0.1) is 5.41 Å². The predicted molar refractivity (Wildman–Crippen MR) is 36.5 cm³/mol. The monoisotopic (exact) mass is 169 g/mol. The molecule has 0 amide bonds. The van der Waals surface area contributed by atoms with Crippen molar-refractivity contribution in [1.29, 1.82) is 0 Å². The quantitative estimate of drug-likeness (QED) is 0.585. The summed E-state index contributed by atoms with van der Waals surface area (Å²) in [6.45, 7) is 0. The molecule has 4 heteroatoms. The molecule has 2 fully saturated rings. The van der Waals surface area contributed by atoms with Crippen LogP contribution in [-0.2, 0) is 0 Å². The molecule has 0 aromatic heterocycles. The van der Waals surface area contributed by atoms with Crippen LogP contribution in [-0.4, -0.2) is 12.0 Å². The topological polar surface area (TPSA) is 26.0 Å². The first kappa shape index (κ1) is 8.21. The minimum Gasteiger partial charge on any atom is -0.327 e. The maximum atomic E-state index is 12.2. The fourth-order valence-electron chi connectivity index (χ4n) is 1.76. The van der Waals surface area contributed by atoms with Crippen LogP contribution >= 0.6 is 12.4 Å². The molecule has 1 nitrogen and oxygen atoms in total. The second kappa shape index (κ2) is 1.83. The Kier molecular flexibility index (Phi) is 1.50. The van der Waals surface area contributed by atoms with Crippen molar-refractivity contribution in [1.82, 2.24) is 0 Å². The second-order valence-corrected chi connectivity index (χ2v) is 3.38. The zero-order chi connectivity index (χ0) is 6.70. The van der Waals surface area contributed by atoms with E-state index in [1.807, 2.05) is 0 Å². The number of rotatable bonds is 0. The highest BCUT2D eigenvalue weighted by Crippen LogP contribution is 2.65. The molecule has 0 aromatic rings. The first-order valence-electron chi connectivity index (χ1n) is 3.18. The van der Waals surface area contributed by atoms with E-state index in [0.717, 1.165) is 6.42 Å². The second-order valence-electron chi connectivity index (χ2n) is 3.38. The molecule has 2 saturated carbocycles. The van der Waals surface area contributed by atoms with Crippen molar-refractivity contribution in [3.8, 4) is 0 Å². The molecule has 1 unspecified atom stereocenters. The van der Waals surface area contributed by atoms with Gasteiger partial charge in [0.25, 0.3) is 0 Å². The summed E-state index contributed by atoms with van der Waals surface area (Å²) in [6, 6.07) is 0.0807. The van der Waals surface area contributed by atoms with Crippen LogP contribution in [0.1, 0.15) is 19.3 Å². The van der Waals surface area contributed by atoms with Crippen molar-refractivity contribution >= 4 is 12.4 Å².